The van der Waals surface area contributed by atoms with Gasteiger partial charge in [0.15, 0.2) is 0 Å². The number of ether oxygens (including phenoxy) is 1. The molecule has 0 rings (SSSR count). The quantitative estimate of drug-likeness (QED) is 0.602. The largest absolute Gasteiger partial charge is 0.371 e. The number of rotatable bonds is 4. The highest BCUT2D eigenvalue weighted by Gasteiger charge is 2.09. The van der Waals surface area contributed by atoms with Crippen molar-refractivity contribution in [1.82, 2.24) is 0 Å². The number of hydrogen-bond acceptors (Lipinski definition) is 1. The van der Waals surface area contributed by atoms with Crippen molar-refractivity contribution < 1.29 is 4.74 Å². The maximum atomic E-state index is 5.60. The lowest BCUT2D eigenvalue weighted by molar-refractivity contribution is 0.0122. The lowest BCUT2D eigenvalue weighted by Gasteiger charge is -2.19. The minimum absolute atomic E-state index is 0.100. The van der Waals surface area contributed by atoms with Gasteiger partial charge in [0, 0.05) is 0 Å². The average Bonchev–Trinajstić information content (AvgIpc) is 1.95. The molecule has 1 heteroatoms. The van der Waals surface area contributed by atoms with Crippen LogP contribution in [0, 0.1) is 0 Å². The summed E-state index contributed by atoms with van der Waals surface area (Å²) in [7, 11) is 0. The van der Waals surface area contributed by atoms with Gasteiger partial charge in [-0.25, -0.2) is 0 Å². The van der Waals surface area contributed by atoms with E-state index in [0.717, 1.165) is 11.1 Å². The minimum Gasteiger partial charge on any atom is -0.371 e. The van der Waals surface area contributed by atoms with Crippen molar-refractivity contribution >= 4 is 0 Å². The van der Waals surface area contributed by atoms with Crippen LogP contribution in [0.4, 0.5) is 0 Å². The second-order valence-electron chi connectivity index (χ2n) is 4.17. The molecule has 13 heavy (non-hydrogen) atoms. The summed E-state index contributed by atoms with van der Waals surface area (Å²) in [6.45, 7) is 16.2. The van der Waals surface area contributed by atoms with Gasteiger partial charge >= 0.3 is 0 Å². The summed E-state index contributed by atoms with van der Waals surface area (Å²) in [5, 5.41) is 0. The van der Waals surface area contributed by atoms with Crippen LogP contribution in [-0.4, -0.2) is 12.2 Å². The molecule has 74 valence electrons. The van der Waals surface area contributed by atoms with Crippen LogP contribution in [-0.2, 0) is 4.74 Å². The number of hydrogen-bond donors (Lipinski definition) is 0. The molecule has 0 aromatic heterocycles. The lowest BCUT2D eigenvalue weighted by Crippen LogP contribution is -2.20. The molecule has 0 aromatic rings. The molecule has 0 spiro atoms. The molecular formula is C12H20O. The molecular weight excluding hydrogens is 160 g/mol. The smallest absolute Gasteiger partial charge is 0.0723 e. The Labute approximate surface area is 81.8 Å². The summed E-state index contributed by atoms with van der Waals surface area (Å²) in [6.07, 6.45) is 3.79. The zero-order valence-electron chi connectivity index (χ0n) is 9.18. The van der Waals surface area contributed by atoms with E-state index in [1.807, 2.05) is 33.8 Å². The summed E-state index contributed by atoms with van der Waals surface area (Å²) < 4.78 is 5.60. The Kier molecular flexibility index (Phi) is 4.71. The molecule has 0 saturated heterocycles. The van der Waals surface area contributed by atoms with Crippen molar-refractivity contribution in [3.05, 3.63) is 36.5 Å². The van der Waals surface area contributed by atoms with E-state index in [2.05, 4.69) is 13.2 Å². The van der Waals surface area contributed by atoms with Crippen LogP contribution in [0.3, 0.4) is 0 Å². The summed E-state index contributed by atoms with van der Waals surface area (Å²) in [5.41, 5.74) is 1.99. The highest BCUT2D eigenvalue weighted by molar-refractivity contribution is 5.26. The van der Waals surface area contributed by atoms with Crippen LogP contribution >= 0.6 is 0 Å². The Morgan fingerprint density at radius 3 is 2.23 bits per heavy atom. The third-order valence-corrected chi connectivity index (χ3v) is 1.37. The van der Waals surface area contributed by atoms with Gasteiger partial charge in [-0.1, -0.05) is 30.9 Å². The van der Waals surface area contributed by atoms with Crippen LogP contribution in [0.15, 0.2) is 36.5 Å². The van der Waals surface area contributed by atoms with Gasteiger partial charge in [-0.2, -0.15) is 0 Å². The molecule has 0 aromatic carbocycles. The standard InChI is InChI=1S/C12H20O/c1-7-11(8-10(2)3)9-13-12(4,5)6/h7-8H,1-2,9H2,3-6H3/b11-8+. The van der Waals surface area contributed by atoms with Crippen LogP contribution in [0.25, 0.3) is 0 Å². The molecule has 0 amide bonds. The predicted molar refractivity (Wildman–Crippen MR) is 58.8 cm³/mol. The highest BCUT2D eigenvalue weighted by atomic mass is 16.5. The first-order chi connectivity index (χ1) is 5.85. The highest BCUT2D eigenvalue weighted by Crippen LogP contribution is 2.10. The summed E-state index contributed by atoms with van der Waals surface area (Å²) in [4.78, 5) is 0. The average molecular weight is 180 g/mol. The van der Waals surface area contributed by atoms with Gasteiger partial charge in [0.25, 0.3) is 0 Å². The topological polar surface area (TPSA) is 9.23 Å². The maximum absolute atomic E-state index is 5.60. The van der Waals surface area contributed by atoms with Gasteiger partial charge in [-0.3, -0.25) is 0 Å². The monoisotopic (exact) mass is 180 g/mol. The Hall–Kier alpha value is -0.820. The molecule has 0 saturated carbocycles. The van der Waals surface area contributed by atoms with Crippen molar-refractivity contribution in [2.24, 2.45) is 0 Å². The fourth-order valence-corrected chi connectivity index (χ4v) is 0.776. The number of allylic oxidation sites excluding steroid dienone is 2. The van der Waals surface area contributed by atoms with Gasteiger partial charge in [-0.05, 0) is 33.3 Å². The Balaban J connectivity index is 4.16. The molecule has 1 nitrogen and oxygen atoms in total. The van der Waals surface area contributed by atoms with Crippen molar-refractivity contribution in [2.45, 2.75) is 33.3 Å². The zero-order chi connectivity index (χ0) is 10.5. The van der Waals surface area contributed by atoms with Crippen molar-refractivity contribution in [1.29, 1.82) is 0 Å². The van der Waals surface area contributed by atoms with Crippen molar-refractivity contribution in [2.75, 3.05) is 6.61 Å². The van der Waals surface area contributed by atoms with Gasteiger partial charge in [0.2, 0.25) is 0 Å². The van der Waals surface area contributed by atoms with E-state index >= 15 is 0 Å². The fourth-order valence-electron chi connectivity index (χ4n) is 0.776. The summed E-state index contributed by atoms with van der Waals surface area (Å²) in [5.74, 6) is 0. The maximum Gasteiger partial charge on any atom is 0.0723 e. The van der Waals surface area contributed by atoms with Crippen LogP contribution in [0.2, 0.25) is 0 Å². The zero-order valence-corrected chi connectivity index (χ0v) is 9.18. The SMILES string of the molecule is C=C/C(=C\C(=C)C)COC(C)(C)C. The molecule has 0 aliphatic heterocycles. The second kappa shape index (κ2) is 5.03. The molecule has 0 atom stereocenters. The third kappa shape index (κ3) is 7.54. The van der Waals surface area contributed by atoms with E-state index in [0.29, 0.717) is 6.61 Å². The second-order valence-corrected chi connectivity index (χ2v) is 4.17. The summed E-state index contributed by atoms with van der Waals surface area (Å²) >= 11 is 0. The van der Waals surface area contributed by atoms with E-state index in [9.17, 15) is 0 Å². The molecule has 0 fully saturated rings. The van der Waals surface area contributed by atoms with Crippen molar-refractivity contribution in [3.8, 4) is 0 Å². The molecule has 0 radical (unpaired) electrons. The predicted octanol–water partition coefficient (Wildman–Crippen LogP) is 3.49. The Morgan fingerprint density at radius 2 is 1.92 bits per heavy atom. The minimum atomic E-state index is -0.100. The Bertz CT molecular complexity index is 216. The lowest BCUT2D eigenvalue weighted by atomic mass is 10.1. The first kappa shape index (κ1) is 12.2. The summed E-state index contributed by atoms with van der Waals surface area (Å²) in [6, 6.07) is 0. The Morgan fingerprint density at radius 1 is 1.38 bits per heavy atom. The molecule has 0 bridgehead atoms. The van der Waals surface area contributed by atoms with E-state index < -0.39 is 0 Å². The fraction of sp³-hybridized carbons (Fsp3) is 0.500. The third-order valence-electron chi connectivity index (χ3n) is 1.37. The molecule has 0 aliphatic carbocycles. The van der Waals surface area contributed by atoms with Crippen LogP contribution < -0.4 is 0 Å². The van der Waals surface area contributed by atoms with E-state index in [1.165, 1.54) is 0 Å². The van der Waals surface area contributed by atoms with E-state index in [-0.39, 0.29) is 5.60 Å². The van der Waals surface area contributed by atoms with Crippen molar-refractivity contribution in [3.63, 3.8) is 0 Å². The van der Waals surface area contributed by atoms with Crippen LogP contribution in [0.5, 0.6) is 0 Å². The van der Waals surface area contributed by atoms with Gasteiger partial charge in [0.1, 0.15) is 0 Å². The molecule has 0 N–H and O–H groups in total. The first-order valence-electron chi connectivity index (χ1n) is 4.47. The van der Waals surface area contributed by atoms with Gasteiger partial charge in [-0.15, -0.1) is 0 Å². The first-order valence-corrected chi connectivity index (χ1v) is 4.47. The normalized spacial score (nSPS) is 12.8. The molecule has 0 heterocycles. The van der Waals surface area contributed by atoms with Crippen LogP contribution in [0.1, 0.15) is 27.7 Å². The van der Waals surface area contributed by atoms with E-state index in [4.69, 9.17) is 4.74 Å². The molecule has 0 aliphatic rings. The van der Waals surface area contributed by atoms with E-state index in [1.54, 1.807) is 6.08 Å². The van der Waals surface area contributed by atoms with Gasteiger partial charge in [0.05, 0.1) is 12.2 Å². The van der Waals surface area contributed by atoms with Gasteiger partial charge < -0.3 is 4.74 Å². The molecule has 0 unspecified atom stereocenters.